The first kappa shape index (κ1) is 12.8. The number of carboxylic acid groups (broad SMARTS) is 1. The van der Waals surface area contributed by atoms with Crippen LogP contribution in [0.15, 0.2) is 29.2 Å². The Morgan fingerprint density at radius 1 is 1.44 bits per heavy atom. The van der Waals surface area contributed by atoms with Gasteiger partial charge in [0.2, 0.25) is 0 Å². The maximum absolute atomic E-state index is 11.8. The van der Waals surface area contributed by atoms with Crippen LogP contribution in [0.2, 0.25) is 0 Å². The summed E-state index contributed by atoms with van der Waals surface area (Å²) in [5.41, 5.74) is 0.665. The van der Waals surface area contributed by atoms with Crippen LogP contribution >= 0.6 is 24.0 Å². The van der Waals surface area contributed by atoms with E-state index in [4.69, 9.17) is 17.3 Å². The van der Waals surface area contributed by atoms with E-state index in [1.807, 2.05) is 0 Å². The molecule has 0 spiro atoms. The van der Waals surface area contributed by atoms with Gasteiger partial charge in [0.15, 0.2) is 0 Å². The molecule has 1 aliphatic rings. The summed E-state index contributed by atoms with van der Waals surface area (Å²) < 4.78 is 0.471. The van der Waals surface area contributed by atoms with Crippen LogP contribution in [-0.2, 0) is 4.79 Å². The summed E-state index contributed by atoms with van der Waals surface area (Å²) in [6.07, 6.45) is 1.56. The molecule has 0 aromatic heterocycles. The normalized spacial score (nSPS) is 17.6. The van der Waals surface area contributed by atoms with Crippen molar-refractivity contribution in [2.24, 2.45) is 0 Å². The topological polar surface area (TPSA) is 57.6 Å². The highest BCUT2D eigenvalue weighted by atomic mass is 32.2. The molecule has 1 aromatic carbocycles. The molecule has 6 heteroatoms. The third-order valence-corrected chi connectivity index (χ3v) is 3.95. The number of benzene rings is 1. The van der Waals surface area contributed by atoms with E-state index in [0.717, 1.165) is 0 Å². The largest absolute Gasteiger partial charge is 0.478 e. The Morgan fingerprint density at radius 3 is 2.67 bits per heavy atom. The highest BCUT2D eigenvalue weighted by Crippen LogP contribution is 2.31. The highest BCUT2D eigenvalue weighted by molar-refractivity contribution is 8.26. The molecule has 1 aromatic rings. The monoisotopic (exact) mass is 279 g/mol. The summed E-state index contributed by atoms with van der Waals surface area (Å²) in [4.78, 5) is 24.7. The minimum Gasteiger partial charge on any atom is -0.478 e. The Bertz CT molecular complexity index is 580. The predicted octanol–water partition coefficient (Wildman–Crippen LogP) is 2.22. The number of carbonyl (C=O) groups is 2. The first-order valence-corrected chi connectivity index (χ1v) is 6.27. The van der Waals surface area contributed by atoms with E-state index in [0.29, 0.717) is 14.8 Å². The number of rotatable bonds is 2. The van der Waals surface area contributed by atoms with E-state index < -0.39 is 5.97 Å². The van der Waals surface area contributed by atoms with Crippen molar-refractivity contribution in [1.29, 1.82) is 0 Å². The predicted molar refractivity (Wildman–Crippen MR) is 74.3 cm³/mol. The number of amides is 1. The molecule has 4 nitrogen and oxygen atoms in total. The maximum atomic E-state index is 11.8. The molecule has 1 N–H and O–H groups in total. The minimum absolute atomic E-state index is 0.166. The second-order valence-electron chi connectivity index (χ2n) is 3.63. The molecular formula is C12H9NO3S2. The zero-order valence-electron chi connectivity index (χ0n) is 9.41. The summed E-state index contributed by atoms with van der Waals surface area (Å²) in [6.45, 7) is 0. The minimum atomic E-state index is -1.02. The van der Waals surface area contributed by atoms with Crippen molar-refractivity contribution in [1.82, 2.24) is 4.90 Å². The van der Waals surface area contributed by atoms with Gasteiger partial charge in [-0.1, -0.05) is 42.2 Å². The van der Waals surface area contributed by atoms with Crippen molar-refractivity contribution in [3.05, 3.63) is 40.3 Å². The van der Waals surface area contributed by atoms with E-state index in [1.54, 1.807) is 31.3 Å². The van der Waals surface area contributed by atoms with Crippen LogP contribution in [-0.4, -0.2) is 33.3 Å². The van der Waals surface area contributed by atoms with Crippen molar-refractivity contribution in [3.63, 3.8) is 0 Å². The SMILES string of the molecule is CN1C(=O)/C(=C/c2ccccc2C(=O)O)SC1=S. The molecule has 0 atom stereocenters. The van der Waals surface area contributed by atoms with Crippen molar-refractivity contribution in [3.8, 4) is 0 Å². The Labute approximate surface area is 113 Å². The van der Waals surface area contributed by atoms with Gasteiger partial charge in [0, 0.05) is 7.05 Å². The first-order valence-electron chi connectivity index (χ1n) is 5.04. The van der Waals surface area contributed by atoms with Gasteiger partial charge in [-0.15, -0.1) is 0 Å². The van der Waals surface area contributed by atoms with Gasteiger partial charge in [-0.25, -0.2) is 4.79 Å². The molecule has 0 saturated carbocycles. The zero-order valence-corrected chi connectivity index (χ0v) is 11.0. The lowest BCUT2D eigenvalue weighted by atomic mass is 10.1. The van der Waals surface area contributed by atoms with Gasteiger partial charge in [0.05, 0.1) is 10.5 Å². The van der Waals surface area contributed by atoms with Crippen LogP contribution in [0.25, 0.3) is 6.08 Å². The first-order chi connectivity index (χ1) is 8.50. The second-order valence-corrected chi connectivity index (χ2v) is 5.31. The van der Waals surface area contributed by atoms with Gasteiger partial charge < -0.3 is 5.11 Å². The lowest BCUT2D eigenvalue weighted by Crippen LogP contribution is -2.22. The summed E-state index contributed by atoms with van der Waals surface area (Å²) in [5, 5.41) is 9.05. The summed E-state index contributed by atoms with van der Waals surface area (Å²) in [6, 6.07) is 6.53. The van der Waals surface area contributed by atoms with Crippen LogP contribution in [0.1, 0.15) is 15.9 Å². The quantitative estimate of drug-likeness (QED) is 0.664. The number of nitrogens with zero attached hydrogens (tertiary/aromatic N) is 1. The van der Waals surface area contributed by atoms with Crippen LogP contribution in [0.4, 0.5) is 0 Å². The molecule has 1 saturated heterocycles. The Balaban J connectivity index is 2.43. The molecule has 92 valence electrons. The number of thioether (sulfide) groups is 1. The van der Waals surface area contributed by atoms with Crippen LogP contribution in [0, 0.1) is 0 Å². The molecule has 0 aliphatic carbocycles. The number of carboxylic acids is 1. The third-order valence-electron chi connectivity index (χ3n) is 2.46. The average Bonchev–Trinajstić information content (AvgIpc) is 2.57. The maximum Gasteiger partial charge on any atom is 0.336 e. The molecule has 0 unspecified atom stereocenters. The van der Waals surface area contributed by atoms with Crippen LogP contribution in [0.5, 0.6) is 0 Å². The smallest absolute Gasteiger partial charge is 0.336 e. The molecule has 1 amide bonds. The van der Waals surface area contributed by atoms with E-state index in [2.05, 4.69) is 0 Å². The molecule has 0 radical (unpaired) electrons. The van der Waals surface area contributed by atoms with Crippen molar-refractivity contribution in [2.75, 3.05) is 7.05 Å². The molecule has 1 fully saturated rings. The van der Waals surface area contributed by atoms with Crippen molar-refractivity contribution >= 4 is 46.3 Å². The number of hydrogen-bond donors (Lipinski definition) is 1. The fourth-order valence-electron chi connectivity index (χ4n) is 1.50. The second kappa shape index (κ2) is 4.91. The average molecular weight is 279 g/mol. The van der Waals surface area contributed by atoms with Gasteiger partial charge in [-0.3, -0.25) is 9.69 Å². The van der Waals surface area contributed by atoms with Crippen molar-refractivity contribution in [2.45, 2.75) is 0 Å². The summed E-state index contributed by atoms with van der Waals surface area (Å²) in [7, 11) is 1.60. The fourth-order valence-corrected chi connectivity index (χ4v) is 2.67. The fraction of sp³-hybridized carbons (Fsp3) is 0.0833. The standard InChI is InChI=1S/C12H9NO3S2/c1-13-10(14)9(18-12(13)17)6-7-4-2-3-5-8(7)11(15)16/h2-6H,1H3,(H,15,16)/b9-6-. The summed E-state index contributed by atoms with van der Waals surface area (Å²) in [5.74, 6) is -1.22. The van der Waals surface area contributed by atoms with Gasteiger partial charge in [0.1, 0.15) is 4.32 Å². The summed E-state index contributed by atoms with van der Waals surface area (Å²) >= 11 is 6.18. The molecule has 0 bridgehead atoms. The molecule has 1 heterocycles. The van der Waals surface area contributed by atoms with Crippen LogP contribution < -0.4 is 0 Å². The number of thiocarbonyl (C=S) groups is 1. The van der Waals surface area contributed by atoms with E-state index >= 15 is 0 Å². The number of likely N-dealkylation sites (N-methyl/N-ethyl adjacent to an activating group) is 1. The van der Waals surface area contributed by atoms with Crippen LogP contribution in [0.3, 0.4) is 0 Å². The highest BCUT2D eigenvalue weighted by Gasteiger charge is 2.28. The number of hydrogen-bond acceptors (Lipinski definition) is 4. The molecular weight excluding hydrogens is 270 g/mol. The Hall–Kier alpha value is -1.66. The van der Waals surface area contributed by atoms with Gasteiger partial charge in [0.25, 0.3) is 5.91 Å². The molecule has 2 rings (SSSR count). The van der Waals surface area contributed by atoms with Gasteiger partial charge in [-0.05, 0) is 17.7 Å². The number of aromatic carboxylic acids is 1. The third kappa shape index (κ3) is 2.30. The molecule has 1 aliphatic heterocycles. The van der Waals surface area contributed by atoms with Gasteiger partial charge in [-0.2, -0.15) is 0 Å². The van der Waals surface area contributed by atoms with Gasteiger partial charge >= 0.3 is 5.97 Å². The zero-order chi connectivity index (χ0) is 13.3. The van der Waals surface area contributed by atoms with Crippen molar-refractivity contribution < 1.29 is 14.7 Å². The molecule has 18 heavy (non-hydrogen) atoms. The Morgan fingerprint density at radius 2 is 2.11 bits per heavy atom. The van der Waals surface area contributed by atoms with E-state index in [9.17, 15) is 9.59 Å². The lowest BCUT2D eigenvalue weighted by Gasteiger charge is -2.04. The lowest BCUT2D eigenvalue weighted by molar-refractivity contribution is -0.121. The Kier molecular flexibility index (Phi) is 3.49. The number of carbonyl (C=O) groups excluding carboxylic acids is 1. The van der Waals surface area contributed by atoms with E-state index in [1.165, 1.54) is 22.7 Å². The van der Waals surface area contributed by atoms with E-state index in [-0.39, 0.29) is 11.5 Å².